The number of rotatable bonds is 2. The molecule has 0 spiro atoms. The summed E-state index contributed by atoms with van der Waals surface area (Å²) in [7, 11) is 0. The van der Waals surface area contributed by atoms with Crippen LogP contribution in [0.3, 0.4) is 0 Å². The fourth-order valence-electron chi connectivity index (χ4n) is 3.43. The molecule has 2 saturated heterocycles. The Balaban J connectivity index is 0.000000277. The minimum atomic E-state index is -1.32. The van der Waals surface area contributed by atoms with Gasteiger partial charge < -0.3 is 45.8 Å². The van der Waals surface area contributed by atoms with E-state index < -0.39 is 42.7 Å². The van der Waals surface area contributed by atoms with E-state index in [-0.39, 0.29) is 36.7 Å². The first-order chi connectivity index (χ1) is 12.4. The Labute approximate surface area is 160 Å². The molecule has 9 heteroatoms. The lowest BCUT2D eigenvalue weighted by Crippen LogP contribution is -2.61. The zero-order valence-corrected chi connectivity index (χ0v) is 16.8. The van der Waals surface area contributed by atoms with Crippen LogP contribution in [-0.2, 0) is 9.47 Å². The summed E-state index contributed by atoms with van der Waals surface area (Å²) in [5.41, 5.74) is 5.97. The van der Waals surface area contributed by atoms with Crippen LogP contribution in [0.25, 0.3) is 0 Å². The summed E-state index contributed by atoms with van der Waals surface area (Å²) in [5.74, 6) is -0.550. The Kier molecular flexibility index (Phi) is 9.05. The van der Waals surface area contributed by atoms with Crippen molar-refractivity contribution in [3.8, 4) is 0 Å². The van der Waals surface area contributed by atoms with Crippen LogP contribution in [0.15, 0.2) is 0 Å². The Morgan fingerprint density at radius 1 is 0.778 bits per heavy atom. The predicted octanol–water partition coefficient (Wildman–Crippen LogP) is -1.83. The van der Waals surface area contributed by atoms with Gasteiger partial charge in [0.1, 0.15) is 18.3 Å². The van der Waals surface area contributed by atoms with Crippen molar-refractivity contribution in [2.75, 3.05) is 13.2 Å². The number of nitrogens with two attached hydrogens (primary N) is 1. The number of hydrogen-bond donors (Lipinski definition) is 7. The van der Waals surface area contributed by atoms with Crippen LogP contribution in [0.4, 0.5) is 0 Å². The molecule has 2 rings (SSSR count). The van der Waals surface area contributed by atoms with Crippen molar-refractivity contribution in [2.45, 2.75) is 83.6 Å². The molecule has 0 bridgehead atoms. The minimum Gasteiger partial charge on any atom is -0.394 e. The lowest BCUT2D eigenvalue weighted by atomic mass is 9.76. The largest absolute Gasteiger partial charge is 0.394 e. The smallest absolute Gasteiger partial charge is 0.181 e. The quantitative estimate of drug-likeness (QED) is 0.285. The molecular weight excluding hydrogens is 358 g/mol. The van der Waals surface area contributed by atoms with Gasteiger partial charge in [-0.3, -0.25) is 0 Å². The molecule has 27 heavy (non-hydrogen) atoms. The van der Waals surface area contributed by atoms with Crippen LogP contribution in [0.2, 0.25) is 0 Å². The maximum Gasteiger partial charge on any atom is 0.181 e. The monoisotopic (exact) mass is 395 g/mol. The fraction of sp³-hybridized carbons (Fsp3) is 1.00. The first-order valence-electron chi connectivity index (χ1n) is 9.37. The molecule has 2 fully saturated rings. The molecule has 162 valence electrons. The number of ether oxygens (including phenoxy) is 2. The van der Waals surface area contributed by atoms with Gasteiger partial charge in [-0.2, -0.15) is 0 Å². The molecule has 0 aromatic heterocycles. The van der Waals surface area contributed by atoms with Gasteiger partial charge in [0.25, 0.3) is 0 Å². The minimum absolute atomic E-state index is 0.0554. The van der Waals surface area contributed by atoms with Crippen molar-refractivity contribution >= 4 is 0 Å². The van der Waals surface area contributed by atoms with Gasteiger partial charge in [-0.05, 0) is 5.41 Å². The van der Waals surface area contributed by atoms with Crippen molar-refractivity contribution in [1.82, 2.24) is 0 Å². The highest BCUT2D eigenvalue weighted by molar-refractivity contribution is 4.96. The molecule has 0 amide bonds. The highest BCUT2D eigenvalue weighted by atomic mass is 16.6. The zero-order chi connectivity index (χ0) is 21.1. The molecule has 2 heterocycles. The number of aliphatic hydroxyl groups excluding tert-OH is 6. The molecule has 2 aliphatic heterocycles. The highest BCUT2D eigenvalue weighted by Crippen LogP contribution is 2.34. The van der Waals surface area contributed by atoms with E-state index in [1.165, 1.54) is 0 Å². The van der Waals surface area contributed by atoms with Crippen LogP contribution in [0.5, 0.6) is 0 Å². The Hall–Kier alpha value is -0.360. The third-order valence-corrected chi connectivity index (χ3v) is 5.48. The van der Waals surface area contributed by atoms with E-state index in [0.717, 1.165) is 0 Å². The molecule has 9 nitrogen and oxygen atoms in total. The first kappa shape index (κ1) is 24.7. The van der Waals surface area contributed by atoms with E-state index in [0.29, 0.717) is 0 Å². The second-order valence-electron chi connectivity index (χ2n) is 8.66. The summed E-state index contributed by atoms with van der Waals surface area (Å²) in [5, 5.41) is 55.3. The molecule has 10 unspecified atom stereocenters. The normalized spacial score (nSPS) is 45.8. The molecule has 0 aromatic rings. The van der Waals surface area contributed by atoms with Gasteiger partial charge in [0.2, 0.25) is 0 Å². The summed E-state index contributed by atoms with van der Waals surface area (Å²) in [6.07, 6.45) is -5.48. The van der Waals surface area contributed by atoms with Crippen molar-refractivity contribution in [2.24, 2.45) is 23.0 Å². The van der Waals surface area contributed by atoms with Crippen LogP contribution < -0.4 is 5.73 Å². The van der Waals surface area contributed by atoms with Gasteiger partial charge in [0.05, 0.1) is 31.5 Å². The fourth-order valence-corrected chi connectivity index (χ4v) is 3.43. The number of aliphatic hydroxyl groups is 6. The van der Waals surface area contributed by atoms with Gasteiger partial charge in [0.15, 0.2) is 6.29 Å². The van der Waals surface area contributed by atoms with Gasteiger partial charge >= 0.3 is 0 Å². The molecule has 0 saturated carbocycles. The first-order valence-corrected chi connectivity index (χ1v) is 9.37. The molecule has 0 radical (unpaired) electrons. The van der Waals surface area contributed by atoms with E-state index in [2.05, 4.69) is 20.8 Å². The molecule has 10 atom stereocenters. The lowest BCUT2D eigenvalue weighted by Gasteiger charge is -2.47. The molecule has 2 aliphatic rings. The summed E-state index contributed by atoms with van der Waals surface area (Å²) in [6, 6.07) is -0.192. The zero-order valence-electron chi connectivity index (χ0n) is 16.8. The van der Waals surface area contributed by atoms with Crippen LogP contribution in [0.1, 0.15) is 34.6 Å². The highest BCUT2D eigenvalue weighted by Gasteiger charge is 2.45. The van der Waals surface area contributed by atoms with Gasteiger partial charge in [-0.15, -0.1) is 0 Å². The average Bonchev–Trinajstić information content (AvgIpc) is 2.60. The molecule has 8 N–H and O–H groups in total. The van der Waals surface area contributed by atoms with E-state index in [1.54, 1.807) is 6.92 Å². The van der Waals surface area contributed by atoms with Crippen LogP contribution in [0, 0.1) is 17.3 Å². The summed E-state index contributed by atoms with van der Waals surface area (Å²) >= 11 is 0. The van der Waals surface area contributed by atoms with Crippen LogP contribution >= 0.6 is 0 Å². The summed E-state index contributed by atoms with van der Waals surface area (Å²) < 4.78 is 10.4. The molecular formula is C18H37NO8. The SMILES string of the molecule is CC1C(N)C(C(C)(C)C)OC(CO)C1O.CC1C(O)C(O)OC(CO)C1O. The van der Waals surface area contributed by atoms with Crippen molar-refractivity contribution in [3.05, 3.63) is 0 Å². The van der Waals surface area contributed by atoms with E-state index in [4.69, 9.17) is 30.5 Å². The topological polar surface area (TPSA) is 166 Å². The molecule has 0 aliphatic carbocycles. The van der Waals surface area contributed by atoms with Crippen molar-refractivity contribution in [1.29, 1.82) is 0 Å². The standard InChI is InChI=1S/C11H23NO3.C7H14O5/c1-6-8(12)10(11(2,3)4)15-7(5-13)9(6)14;1-3-5(9)4(2-8)12-7(11)6(3)10/h6-10,13-14H,5,12H2,1-4H3;3-11H,2H2,1H3. The van der Waals surface area contributed by atoms with E-state index >= 15 is 0 Å². The van der Waals surface area contributed by atoms with Gasteiger partial charge in [-0.25, -0.2) is 0 Å². The summed E-state index contributed by atoms with van der Waals surface area (Å²) in [4.78, 5) is 0. The van der Waals surface area contributed by atoms with E-state index in [1.807, 2.05) is 6.92 Å². The van der Waals surface area contributed by atoms with Crippen molar-refractivity contribution < 1.29 is 40.1 Å². The number of hydrogen-bond acceptors (Lipinski definition) is 9. The maximum atomic E-state index is 9.83. The predicted molar refractivity (Wildman–Crippen MR) is 97.5 cm³/mol. The second kappa shape index (κ2) is 9.91. The van der Waals surface area contributed by atoms with Crippen molar-refractivity contribution in [3.63, 3.8) is 0 Å². The average molecular weight is 395 g/mol. The van der Waals surface area contributed by atoms with Gasteiger partial charge in [-0.1, -0.05) is 34.6 Å². The van der Waals surface area contributed by atoms with Gasteiger partial charge in [0, 0.05) is 17.9 Å². The van der Waals surface area contributed by atoms with Crippen LogP contribution in [-0.4, -0.2) is 92.8 Å². The third kappa shape index (κ3) is 5.81. The third-order valence-electron chi connectivity index (χ3n) is 5.48. The Bertz CT molecular complexity index is 439. The second-order valence-corrected chi connectivity index (χ2v) is 8.66. The maximum absolute atomic E-state index is 9.83. The Morgan fingerprint density at radius 3 is 1.67 bits per heavy atom. The lowest BCUT2D eigenvalue weighted by molar-refractivity contribution is -0.271. The molecule has 0 aromatic carbocycles. The van der Waals surface area contributed by atoms with E-state index in [9.17, 15) is 15.3 Å². The summed E-state index contributed by atoms with van der Waals surface area (Å²) in [6.45, 7) is 9.12. The Morgan fingerprint density at radius 2 is 1.22 bits per heavy atom.